The Balaban J connectivity index is 1.39. The van der Waals surface area contributed by atoms with Gasteiger partial charge in [-0.1, -0.05) is 51.1 Å². The molecule has 1 saturated carbocycles. The van der Waals surface area contributed by atoms with Crippen molar-refractivity contribution < 1.29 is 23.1 Å². The number of halogens is 3. The second kappa shape index (κ2) is 7.80. The number of likely N-dealkylation sites (tertiary alicyclic amines) is 1. The van der Waals surface area contributed by atoms with Gasteiger partial charge in [0.15, 0.2) is 0 Å². The summed E-state index contributed by atoms with van der Waals surface area (Å²) in [6, 6.07) is 12.4. The fourth-order valence-electron chi connectivity index (χ4n) is 5.01. The number of urea groups is 1. The summed E-state index contributed by atoms with van der Waals surface area (Å²) in [6.45, 7) is 7.41. The predicted octanol–water partition coefficient (Wildman–Crippen LogP) is 5.76. The minimum atomic E-state index is -4.46. The molecule has 1 aliphatic carbocycles. The first-order valence-corrected chi connectivity index (χ1v) is 10.9. The fraction of sp³-hybridized carbons (Fsp3) is 0.480. The number of carbonyl (C=O) groups is 1. The van der Waals surface area contributed by atoms with Gasteiger partial charge in [-0.25, -0.2) is 4.79 Å². The quantitative estimate of drug-likeness (QED) is 0.616. The van der Waals surface area contributed by atoms with Crippen LogP contribution in [0.4, 0.5) is 23.7 Å². The number of hydrogen-bond donors (Lipinski definition) is 2. The summed E-state index contributed by atoms with van der Waals surface area (Å²) in [7, 11) is 0. The number of anilines is 1. The van der Waals surface area contributed by atoms with Crippen molar-refractivity contribution in [1.82, 2.24) is 4.90 Å². The highest BCUT2D eigenvalue weighted by Gasteiger charge is 2.50. The molecule has 2 atom stereocenters. The number of amides is 2. The summed E-state index contributed by atoms with van der Waals surface area (Å²) >= 11 is 0. The Kier molecular flexibility index (Phi) is 5.52. The lowest BCUT2D eigenvalue weighted by Gasteiger charge is -2.28. The summed E-state index contributed by atoms with van der Waals surface area (Å²) in [6.07, 6.45) is -3.32. The fourth-order valence-corrected chi connectivity index (χ4v) is 5.01. The number of aliphatic hydroxyl groups is 1. The first kappa shape index (κ1) is 22.6. The highest BCUT2D eigenvalue weighted by atomic mass is 19.4. The van der Waals surface area contributed by atoms with Crippen LogP contribution in [0.1, 0.15) is 50.3 Å². The number of hydrogen-bond acceptors (Lipinski definition) is 2. The van der Waals surface area contributed by atoms with Crippen molar-refractivity contribution in [2.45, 2.75) is 50.8 Å². The minimum Gasteiger partial charge on any atom is -0.385 e. The molecule has 1 heterocycles. The molecule has 32 heavy (non-hydrogen) atoms. The number of rotatable bonds is 2. The van der Waals surface area contributed by atoms with E-state index in [1.54, 1.807) is 4.90 Å². The molecule has 2 aromatic carbocycles. The number of nitrogens with zero attached hydrogens (tertiary/aromatic N) is 1. The van der Waals surface area contributed by atoms with Crippen molar-refractivity contribution in [1.29, 1.82) is 0 Å². The molecule has 7 heteroatoms. The van der Waals surface area contributed by atoms with Crippen LogP contribution in [0.15, 0.2) is 48.5 Å². The Morgan fingerprint density at radius 3 is 2.12 bits per heavy atom. The van der Waals surface area contributed by atoms with Crippen molar-refractivity contribution in [2.75, 3.05) is 18.4 Å². The van der Waals surface area contributed by atoms with Crippen LogP contribution in [0.2, 0.25) is 0 Å². The van der Waals surface area contributed by atoms with Gasteiger partial charge in [-0.05, 0) is 59.4 Å². The molecule has 2 amide bonds. The molecule has 2 N–H and O–H groups in total. The van der Waals surface area contributed by atoms with E-state index < -0.39 is 23.4 Å². The van der Waals surface area contributed by atoms with Gasteiger partial charge in [0.1, 0.15) is 0 Å². The topological polar surface area (TPSA) is 52.6 Å². The van der Waals surface area contributed by atoms with Crippen molar-refractivity contribution >= 4 is 11.7 Å². The molecule has 1 aliphatic heterocycles. The minimum absolute atomic E-state index is 0.0425. The Bertz CT molecular complexity index is 981. The molecule has 2 unspecified atom stereocenters. The molecule has 0 aromatic heterocycles. The van der Waals surface area contributed by atoms with Crippen LogP contribution < -0.4 is 5.32 Å². The van der Waals surface area contributed by atoms with Crippen molar-refractivity contribution in [3.05, 3.63) is 65.2 Å². The van der Waals surface area contributed by atoms with Gasteiger partial charge in [-0.3, -0.25) is 0 Å². The maximum absolute atomic E-state index is 12.9. The maximum atomic E-state index is 12.9. The Hall–Kier alpha value is -2.54. The summed E-state index contributed by atoms with van der Waals surface area (Å²) < 4.78 is 38.7. The maximum Gasteiger partial charge on any atom is 0.416 e. The highest BCUT2D eigenvalue weighted by molar-refractivity contribution is 5.89. The smallest absolute Gasteiger partial charge is 0.385 e. The van der Waals surface area contributed by atoms with Gasteiger partial charge in [0.2, 0.25) is 0 Å². The van der Waals surface area contributed by atoms with Crippen LogP contribution >= 0.6 is 0 Å². The first-order chi connectivity index (χ1) is 14.8. The van der Waals surface area contributed by atoms with Crippen LogP contribution in [0.5, 0.6) is 0 Å². The number of fused-ring (bicyclic) bond motifs is 1. The van der Waals surface area contributed by atoms with Gasteiger partial charge in [0, 0.05) is 18.8 Å². The molecule has 2 fully saturated rings. The van der Waals surface area contributed by atoms with Gasteiger partial charge in [0.05, 0.1) is 11.2 Å². The van der Waals surface area contributed by atoms with Crippen molar-refractivity contribution in [2.24, 2.45) is 11.8 Å². The summed E-state index contributed by atoms with van der Waals surface area (Å²) in [4.78, 5) is 14.3. The SMILES string of the molecule is CC(C)(C)c1ccc(C2(O)CC3CN(C(=O)Nc4cccc(C(F)(F)F)c4)CC3C2)cc1. The lowest BCUT2D eigenvalue weighted by molar-refractivity contribution is -0.137. The zero-order chi connectivity index (χ0) is 23.3. The molecule has 0 spiro atoms. The van der Waals surface area contributed by atoms with Crippen LogP contribution in [0, 0.1) is 11.8 Å². The molecule has 4 rings (SSSR count). The number of benzene rings is 2. The van der Waals surface area contributed by atoms with E-state index in [9.17, 15) is 23.1 Å². The number of carbonyl (C=O) groups excluding carboxylic acids is 1. The molecular weight excluding hydrogens is 417 g/mol. The Morgan fingerprint density at radius 2 is 1.59 bits per heavy atom. The zero-order valence-electron chi connectivity index (χ0n) is 18.5. The third-order valence-corrected chi connectivity index (χ3v) is 6.79. The first-order valence-electron chi connectivity index (χ1n) is 10.9. The third-order valence-electron chi connectivity index (χ3n) is 6.79. The Labute approximate surface area is 186 Å². The lowest BCUT2D eigenvalue weighted by Crippen LogP contribution is -2.35. The third kappa shape index (κ3) is 4.49. The number of alkyl halides is 3. The normalized spacial score (nSPS) is 25.7. The van der Waals surface area contributed by atoms with Gasteiger partial charge in [0.25, 0.3) is 0 Å². The van der Waals surface area contributed by atoms with E-state index in [4.69, 9.17) is 0 Å². The van der Waals surface area contributed by atoms with Gasteiger partial charge in [-0.2, -0.15) is 13.2 Å². The molecular formula is C25H29F3N2O2. The zero-order valence-corrected chi connectivity index (χ0v) is 18.5. The monoisotopic (exact) mass is 446 g/mol. The van der Waals surface area contributed by atoms with Crippen LogP contribution in [0.25, 0.3) is 0 Å². The summed E-state index contributed by atoms with van der Waals surface area (Å²) in [5.41, 5.74) is 0.574. The van der Waals surface area contributed by atoms with E-state index in [1.807, 2.05) is 12.1 Å². The second-order valence-corrected chi connectivity index (χ2v) is 10.2. The number of nitrogens with one attached hydrogen (secondary N) is 1. The van der Waals surface area contributed by atoms with E-state index >= 15 is 0 Å². The van der Waals surface area contributed by atoms with E-state index in [-0.39, 0.29) is 22.9 Å². The van der Waals surface area contributed by atoms with Crippen LogP contribution in [-0.2, 0) is 17.2 Å². The second-order valence-electron chi connectivity index (χ2n) is 10.2. The molecule has 2 aliphatic rings. The van der Waals surface area contributed by atoms with E-state index in [1.165, 1.54) is 17.7 Å². The van der Waals surface area contributed by atoms with Crippen molar-refractivity contribution in [3.8, 4) is 0 Å². The molecule has 1 saturated heterocycles. The van der Waals surface area contributed by atoms with Gasteiger partial charge >= 0.3 is 12.2 Å². The molecule has 0 bridgehead atoms. The lowest BCUT2D eigenvalue weighted by atomic mass is 9.84. The van der Waals surface area contributed by atoms with Crippen LogP contribution in [0.3, 0.4) is 0 Å². The van der Waals surface area contributed by atoms with Crippen LogP contribution in [-0.4, -0.2) is 29.1 Å². The highest BCUT2D eigenvalue weighted by Crippen LogP contribution is 2.49. The van der Waals surface area contributed by atoms with Crippen molar-refractivity contribution in [3.63, 3.8) is 0 Å². The predicted molar refractivity (Wildman–Crippen MR) is 117 cm³/mol. The Morgan fingerprint density at radius 1 is 1.00 bits per heavy atom. The van der Waals surface area contributed by atoms with E-state index in [0.29, 0.717) is 25.9 Å². The van der Waals surface area contributed by atoms with E-state index in [0.717, 1.165) is 17.7 Å². The average molecular weight is 447 g/mol. The van der Waals surface area contributed by atoms with Gasteiger partial charge < -0.3 is 15.3 Å². The summed E-state index contributed by atoms with van der Waals surface area (Å²) in [5, 5.41) is 13.9. The molecule has 172 valence electrons. The molecule has 2 aromatic rings. The largest absolute Gasteiger partial charge is 0.416 e. The average Bonchev–Trinajstić information content (AvgIpc) is 3.23. The standard InChI is InChI=1S/C25H29F3N2O2/c1-23(2,3)18-7-9-19(10-8-18)24(32)12-16-14-30(15-17(16)13-24)22(31)29-21-6-4-5-20(11-21)25(26,27)28/h4-11,16-17,32H,12-15H2,1-3H3,(H,29,31). The van der Waals surface area contributed by atoms with Gasteiger partial charge in [-0.15, -0.1) is 0 Å². The van der Waals surface area contributed by atoms with E-state index in [2.05, 4.69) is 38.2 Å². The molecule has 4 nitrogen and oxygen atoms in total. The summed E-state index contributed by atoms with van der Waals surface area (Å²) in [5.74, 6) is 0.323. The molecule has 0 radical (unpaired) electrons.